The predicted octanol–water partition coefficient (Wildman–Crippen LogP) is 18.0. The lowest BCUT2D eigenvalue weighted by molar-refractivity contribution is 0.0758. The fourth-order valence-electron chi connectivity index (χ4n) is 3.62. The van der Waals surface area contributed by atoms with Gasteiger partial charge in [0.1, 0.15) is 0 Å². The molecule has 0 atom stereocenters. The Morgan fingerprint density at radius 1 is 0.347 bits per heavy atom. The molecule has 0 heterocycles. The maximum atomic E-state index is 11.6. The molecule has 0 aromatic heterocycles. The quantitative estimate of drug-likeness (QED) is 0.232. The number of aliphatic hydroxyl groups is 1. The first-order chi connectivity index (χ1) is 20.7. The summed E-state index contributed by atoms with van der Waals surface area (Å²) in [6.07, 6.45) is 0. The highest BCUT2D eigenvalue weighted by Crippen LogP contribution is 2.71. The van der Waals surface area contributed by atoms with Gasteiger partial charge in [-0.25, -0.2) is 0 Å². The van der Waals surface area contributed by atoms with E-state index in [1.807, 2.05) is 0 Å². The Hall–Kier alpha value is 7.01. The number of benzene rings is 1. The van der Waals surface area contributed by atoms with Crippen LogP contribution in [0.4, 0.5) is 0 Å². The summed E-state index contributed by atoms with van der Waals surface area (Å²) in [5.74, 6) is 0. The molecule has 0 aliphatic carbocycles. The summed E-state index contributed by atoms with van der Waals surface area (Å²) in [4.78, 5) is 0. The highest BCUT2D eigenvalue weighted by atomic mass is 35.6. The van der Waals surface area contributed by atoms with Crippen LogP contribution in [0.1, 0.15) is 36.1 Å². The third-order valence-electron chi connectivity index (χ3n) is 6.22. The molecular formula is C21H9Cl27O. The van der Waals surface area contributed by atoms with Gasteiger partial charge in [-0.15, -0.1) is 0 Å². The number of alkyl halides is 27. The zero-order valence-electron chi connectivity index (χ0n) is 22.3. The van der Waals surface area contributed by atoms with Gasteiger partial charge in [0, 0.05) is 0 Å². The van der Waals surface area contributed by atoms with Crippen molar-refractivity contribution in [3.63, 3.8) is 0 Å². The first-order valence-corrected chi connectivity index (χ1v) is 21.4. The maximum Gasteiger partial charge on any atom is 0.226 e. The SMILES string of the molecule is CC(C)(O)c1c(C(Cl)(Cl)C(Cl)(Cl)C(Cl)(Cl)C(Cl)(Cl)Cl)cc(C(Cl)(Cl)C(Cl)(Cl)C(Cl)(Cl)C(Cl)(Cl)Cl)cc1C(Cl)(Cl)C(Cl)(Cl)C(Cl)(Cl)C(Cl)(Cl)Cl. The molecular weight excluding hydrogens is 1230 g/mol. The molecule has 288 valence electrons. The Morgan fingerprint density at radius 3 is 0.735 bits per heavy atom. The first kappa shape index (κ1) is 54.0. The molecule has 0 radical (unpaired) electrons. The fourth-order valence-corrected chi connectivity index (χ4v) is 10.3. The van der Waals surface area contributed by atoms with Crippen LogP contribution in [0.5, 0.6) is 0 Å². The molecule has 1 nitrogen and oxygen atoms in total. The van der Waals surface area contributed by atoms with Crippen molar-refractivity contribution in [2.24, 2.45) is 0 Å². The highest BCUT2D eigenvalue weighted by molar-refractivity contribution is 6.82. The van der Waals surface area contributed by atoms with E-state index in [2.05, 4.69) is 0 Å². The van der Waals surface area contributed by atoms with Gasteiger partial charge in [-0.1, -0.05) is 313 Å². The van der Waals surface area contributed by atoms with Crippen molar-refractivity contribution >= 4 is 313 Å². The number of rotatable bonds is 10. The Balaban J connectivity index is 4.87. The molecule has 28 heteroatoms. The van der Waals surface area contributed by atoms with Gasteiger partial charge in [-0.2, -0.15) is 0 Å². The van der Waals surface area contributed by atoms with E-state index in [1.165, 1.54) is 0 Å². The molecule has 0 amide bonds. The van der Waals surface area contributed by atoms with Crippen LogP contribution in [0, 0.1) is 0 Å². The van der Waals surface area contributed by atoms with Gasteiger partial charge in [-0.05, 0) is 48.2 Å². The highest BCUT2D eigenvalue weighted by Gasteiger charge is 2.73. The summed E-state index contributed by atoms with van der Waals surface area (Å²) in [6.45, 7) is 2.25. The van der Waals surface area contributed by atoms with Gasteiger partial charge < -0.3 is 5.11 Å². The molecule has 1 rings (SSSR count). The van der Waals surface area contributed by atoms with Crippen molar-refractivity contribution < 1.29 is 5.11 Å². The molecule has 0 bridgehead atoms. The van der Waals surface area contributed by atoms with Crippen LogP contribution in [0.3, 0.4) is 0 Å². The Morgan fingerprint density at radius 2 is 0.551 bits per heavy atom. The summed E-state index contributed by atoms with van der Waals surface area (Å²) < 4.78 is -35.1. The lowest BCUT2D eigenvalue weighted by atomic mass is 9.81. The lowest BCUT2D eigenvalue weighted by Gasteiger charge is -2.49. The largest absolute Gasteiger partial charge is 0.386 e. The van der Waals surface area contributed by atoms with Crippen molar-refractivity contribution in [1.82, 2.24) is 0 Å². The van der Waals surface area contributed by atoms with E-state index in [1.54, 1.807) is 0 Å². The maximum absolute atomic E-state index is 11.6. The van der Waals surface area contributed by atoms with Crippen molar-refractivity contribution in [1.29, 1.82) is 0 Å². The van der Waals surface area contributed by atoms with E-state index in [-0.39, 0.29) is 0 Å². The minimum Gasteiger partial charge on any atom is -0.386 e. The predicted molar refractivity (Wildman–Crippen MR) is 229 cm³/mol. The van der Waals surface area contributed by atoms with Crippen LogP contribution in [0.25, 0.3) is 0 Å². The number of halogens is 27. The van der Waals surface area contributed by atoms with Crippen molar-refractivity contribution in [2.45, 2.75) is 69.8 Å². The second kappa shape index (κ2) is 16.4. The van der Waals surface area contributed by atoms with Gasteiger partial charge in [0.25, 0.3) is 0 Å². The van der Waals surface area contributed by atoms with E-state index >= 15 is 0 Å². The molecule has 0 aliphatic heterocycles. The monoisotopic (exact) mass is 1220 g/mol. The molecule has 0 aliphatic rings. The second-order valence-electron chi connectivity index (χ2n) is 10.2. The van der Waals surface area contributed by atoms with Crippen molar-refractivity contribution in [2.75, 3.05) is 0 Å². The Kier molecular flexibility index (Phi) is 18.0. The molecule has 0 unspecified atom stereocenters. The van der Waals surface area contributed by atoms with Gasteiger partial charge in [0.05, 0.1) is 5.60 Å². The van der Waals surface area contributed by atoms with Crippen LogP contribution >= 0.6 is 313 Å². The summed E-state index contributed by atoms with van der Waals surface area (Å²) in [5, 5.41) is 11.6. The van der Waals surface area contributed by atoms with Crippen LogP contribution in [-0.4, -0.2) is 42.5 Å². The molecule has 0 fully saturated rings. The summed E-state index contributed by atoms with van der Waals surface area (Å²) >= 11 is 172. The smallest absolute Gasteiger partial charge is 0.226 e. The van der Waals surface area contributed by atoms with Crippen molar-refractivity contribution in [3.8, 4) is 0 Å². The van der Waals surface area contributed by atoms with Gasteiger partial charge >= 0.3 is 0 Å². The standard InChI is InChI=1S/C21H9Cl27O/c1-9(2,49)8-6(11(24,25)14(30,31)17(36,37)20(43,44)45)3-5(10(22,23)13(28,29)16(34,35)19(40,41)42)4-7(8)12(26,27)15(32,33)18(38,39)21(46,47)48/h3-4,49H,1-2H3. The van der Waals surface area contributed by atoms with E-state index < -0.39 is 78.2 Å². The molecule has 0 spiro atoms. The van der Waals surface area contributed by atoms with Crippen molar-refractivity contribution in [3.05, 3.63) is 34.4 Å². The van der Waals surface area contributed by atoms with Crippen LogP contribution < -0.4 is 0 Å². The Bertz CT molecular complexity index is 1310. The molecule has 1 aromatic rings. The molecule has 49 heavy (non-hydrogen) atoms. The fraction of sp³-hybridized carbons (Fsp3) is 0.714. The zero-order chi connectivity index (χ0) is 40.2. The number of hydrogen-bond donors (Lipinski definition) is 1. The van der Waals surface area contributed by atoms with Gasteiger partial charge in [0.15, 0.2) is 26.0 Å². The van der Waals surface area contributed by atoms with E-state index in [0.29, 0.717) is 0 Å². The van der Waals surface area contributed by atoms with E-state index in [9.17, 15) is 5.11 Å². The summed E-state index contributed by atoms with van der Waals surface area (Å²) in [5.41, 5.74) is -4.94. The van der Waals surface area contributed by atoms with Crippen LogP contribution in [-0.2, 0) is 18.6 Å². The molecule has 1 aromatic carbocycles. The van der Waals surface area contributed by atoms with E-state index in [0.717, 1.165) is 26.0 Å². The average Bonchev–Trinajstić information content (AvgIpc) is 2.84. The molecule has 0 saturated carbocycles. The minimum absolute atomic E-state index is 0.590. The second-order valence-corrected chi connectivity index (χ2v) is 29.0. The van der Waals surface area contributed by atoms with Gasteiger partial charge in [0.2, 0.25) is 24.4 Å². The summed E-state index contributed by atoms with van der Waals surface area (Å²) in [6, 6.07) is 1.69. The van der Waals surface area contributed by atoms with Crippen LogP contribution in [0.15, 0.2) is 12.1 Å². The normalized spacial score (nSPS) is 16.4. The topological polar surface area (TPSA) is 20.2 Å². The first-order valence-electron chi connectivity index (χ1n) is 11.2. The summed E-state index contributed by atoms with van der Waals surface area (Å²) in [7, 11) is 0. The Labute approximate surface area is 416 Å². The van der Waals surface area contributed by atoms with E-state index in [4.69, 9.17) is 313 Å². The third-order valence-corrected chi connectivity index (χ3v) is 22.6. The molecule has 0 saturated heterocycles. The third kappa shape index (κ3) is 9.43. The number of hydrogen-bond acceptors (Lipinski definition) is 1. The van der Waals surface area contributed by atoms with Crippen LogP contribution in [0.2, 0.25) is 0 Å². The van der Waals surface area contributed by atoms with Gasteiger partial charge in [-0.3, -0.25) is 0 Å². The average molecular weight is 1230 g/mol. The lowest BCUT2D eigenvalue weighted by Crippen LogP contribution is -2.57. The zero-order valence-corrected chi connectivity index (χ0v) is 42.7. The molecule has 1 N–H and O–H groups in total. The minimum atomic E-state index is -3.06.